The van der Waals surface area contributed by atoms with E-state index in [1.54, 1.807) is 18.9 Å². The molecular weight excluding hydrogens is 332 g/mol. The van der Waals surface area contributed by atoms with E-state index in [1.807, 2.05) is 28.9 Å². The summed E-state index contributed by atoms with van der Waals surface area (Å²) in [6, 6.07) is 8.01. The number of nitrogens with zero attached hydrogens (tertiary/aromatic N) is 4. The van der Waals surface area contributed by atoms with E-state index in [2.05, 4.69) is 39.9 Å². The molecule has 3 heterocycles. The summed E-state index contributed by atoms with van der Waals surface area (Å²) >= 11 is 1.70. The van der Waals surface area contributed by atoms with Crippen molar-refractivity contribution in [1.29, 1.82) is 0 Å². The van der Waals surface area contributed by atoms with Crippen LogP contribution in [0.25, 0.3) is 0 Å². The maximum atomic E-state index is 5.22. The Kier molecular flexibility index (Phi) is 4.52. The van der Waals surface area contributed by atoms with Crippen LogP contribution in [-0.2, 0) is 12.8 Å². The van der Waals surface area contributed by atoms with Gasteiger partial charge in [0, 0.05) is 17.7 Å². The lowest BCUT2D eigenvalue weighted by Gasteiger charge is -2.09. The van der Waals surface area contributed by atoms with Crippen LogP contribution in [0.3, 0.4) is 0 Å². The Labute approximate surface area is 150 Å². The highest BCUT2D eigenvalue weighted by Crippen LogP contribution is 2.26. The number of methoxy groups -OCH3 is 1. The molecule has 2 aliphatic heterocycles. The van der Waals surface area contributed by atoms with Crippen molar-refractivity contribution in [3.63, 3.8) is 0 Å². The largest absolute Gasteiger partial charge is 0.497 e. The third kappa shape index (κ3) is 3.44. The van der Waals surface area contributed by atoms with Crippen molar-refractivity contribution in [1.82, 2.24) is 14.9 Å². The molecule has 0 atom stereocenters. The van der Waals surface area contributed by atoms with Gasteiger partial charge in [0.25, 0.3) is 0 Å². The Bertz CT molecular complexity index is 891. The van der Waals surface area contributed by atoms with Gasteiger partial charge in [-0.15, -0.1) is 10.2 Å². The van der Waals surface area contributed by atoms with Crippen LogP contribution in [0.5, 0.6) is 5.75 Å². The topological polar surface area (TPSA) is 52.3 Å². The summed E-state index contributed by atoms with van der Waals surface area (Å²) in [6.45, 7) is 0. The molecule has 0 spiro atoms. The van der Waals surface area contributed by atoms with Crippen LogP contribution in [-0.4, -0.2) is 27.7 Å². The summed E-state index contributed by atoms with van der Waals surface area (Å²) in [4.78, 5) is 1.18. The van der Waals surface area contributed by atoms with Gasteiger partial charge in [0.15, 0.2) is 11.6 Å². The molecule has 0 radical (unpaired) electrons. The molecule has 0 bridgehead atoms. The molecular formula is C19H18N4OS. The Hall–Kier alpha value is -2.60. The van der Waals surface area contributed by atoms with Crippen molar-refractivity contribution < 1.29 is 4.74 Å². The summed E-state index contributed by atoms with van der Waals surface area (Å²) in [5, 5.41) is 15.6. The van der Waals surface area contributed by atoms with E-state index in [4.69, 9.17) is 9.84 Å². The van der Waals surface area contributed by atoms with E-state index in [-0.39, 0.29) is 0 Å². The smallest absolute Gasteiger partial charge is 0.159 e. The molecule has 0 fully saturated rings. The lowest BCUT2D eigenvalue weighted by Crippen LogP contribution is -2.06. The van der Waals surface area contributed by atoms with E-state index < -0.39 is 0 Å². The zero-order valence-corrected chi connectivity index (χ0v) is 14.7. The maximum Gasteiger partial charge on any atom is 0.159 e. The molecule has 126 valence electrons. The second-order valence-electron chi connectivity index (χ2n) is 5.75. The van der Waals surface area contributed by atoms with Crippen molar-refractivity contribution in [3.8, 4) is 5.75 Å². The zero-order valence-electron chi connectivity index (χ0n) is 13.9. The zero-order chi connectivity index (χ0) is 17.1. The van der Waals surface area contributed by atoms with Crippen LogP contribution in [0.2, 0.25) is 0 Å². The molecule has 1 aromatic carbocycles. The minimum Gasteiger partial charge on any atom is -0.497 e. The lowest BCUT2D eigenvalue weighted by molar-refractivity contribution is 0.414. The molecule has 0 N–H and O–H groups in total. The minimum atomic E-state index is 0.680. The first-order valence-electron chi connectivity index (χ1n) is 8.17. The van der Waals surface area contributed by atoms with Crippen LogP contribution in [0.4, 0.5) is 0 Å². The van der Waals surface area contributed by atoms with Crippen molar-refractivity contribution in [2.24, 2.45) is 5.10 Å². The van der Waals surface area contributed by atoms with E-state index in [0.717, 1.165) is 41.5 Å². The second kappa shape index (κ2) is 7.11. The highest BCUT2D eigenvalue weighted by Gasteiger charge is 2.16. The first-order valence-corrected chi connectivity index (χ1v) is 9.05. The molecule has 25 heavy (non-hydrogen) atoms. The molecule has 0 saturated heterocycles. The van der Waals surface area contributed by atoms with Gasteiger partial charge in [-0.2, -0.15) is 5.10 Å². The summed E-state index contributed by atoms with van der Waals surface area (Å²) in [6.07, 6.45) is 10.9. The molecule has 4 rings (SSSR count). The molecule has 2 aliphatic rings. The Morgan fingerprint density at radius 2 is 2.04 bits per heavy atom. The highest BCUT2D eigenvalue weighted by atomic mass is 32.2. The Morgan fingerprint density at radius 1 is 1.16 bits per heavy atom. The fraction of sp³-hybridized carbons (Fsp3) is 0.211. The second-order valence-corrected chi connectivity index (χ2v) is 6.70. The SMILES string of the molecule is COc1ccc(Cc2nnc3n2N=C(C2=CCC=CS2)C=CC3)cc1. The Balaban J connectivity index is 1.64. The number of hydrogen-bond donors (Lipinski definition) is 0. The average Bonchev–Trinajstić information content (AvgIpc) is 2.90. The monoisotopic (exact) mass is 350 g/mol. The number of benzene rings is 1. The summed E-state index contributed by atoms with van der Waals surface area (Å²) < 4.78 is 7.10. The van der Waals surface area contributed by atoms with E-state index >= 15 is 0 Å². The van der Waals surface area contributed by atoms with Crippen molar-refractivity contribution in [2.75, 3.05) is 7.11 Å². The molecule has 0 amide bonds. The molecule has 1 aromatic heterocycles. The summed E-state index contributed by atoms with van der Waals surface area (Å²) in [5.41, 5.74) is 2.11. The number of fused-ring (bicyclic) bond motifs is 1. The van der Waals surface area contributed by atoms with Gasteiger partial charge in [0.1, 0.15) is 5.75 Å². The van der Waals surface area contributed by atoms with Gasteiger partial charge in [-0.1, -0.05) is 42.1 Å². The predicted molar refractivity (Wildman–Crippen MR) is 101 cm³/mol. The van der Waals surface area contributed by atoms with Gasteiger partial charge in [0.2, 0.25) is 0 Å². The van der Waals surface area contributed by atoms with Crippen molar-refractivity contribution in [2.45, 2.75) is 19.3 Å². The van der Waals surface area contributed by atoms with Crippen LogP contribution in [0.15, 0.2) is 64.0 Å². The van der Waals surface area contributed by atoms with Gasteiger partial charge in [-0.3, -0.25) is 0 Å². The summed E-state index contributed by atoms with van der Waals surface area (Å²) in [7, 11) is 1.67. The van der Waals surface area contributed by atoms with Crippen molar-refractivity contribution in [3.05, 3.63) is 76.1 Å². The lowest BCUT2D eigenvalue weighted by atomic mass is 10.1. The number of allylic oxidation sites excluding steroid dienone is 5. The Morgan fingerprint density at radius 3 is 2.80 bits per heavy atom. The molecule has 6 heteroatoms. The predicted octanol–water partition coefficient (Wildman–Crippen LogP) is 3.73. The van der Waals surface area contributed by atoms with Gasteiger partial charge in [0.05, 0.1) is 12.8 Å². The van der Waals surface area contributed by atoms with Crippen LogP contribution in [0, 0.1) is 0 Å². The van der Waals surface area contributed by atoms with E-state index in [0.29, 0.717) is 6.42 Å². The van der Waals surface area contributed by atoms with Crippen molar-refractivity contribution >= 4 is 17.5 Å². The normalized spacial score (nSPS) is 16.0. The van der Waals surface area contributed by atoms with Gasteiger partial charge in [-0.25, -0.2) is 4.68 Å². The first kappa shape index (κ1) is 15.9. The third-order valence-corrected chi connectivity index (χ3v) is 5.02. The van der Waals surface area contributed by atoms with E-state index in [1.165, 1.54) is 4.91 Å². The van der Waals surface area contributed by atoms with E-state index in [9.17, 15) is 0 Å². The number of hydrogen-bond acceptors (Lipinski definition) is 5. The van der Waals surface area contributed by atoms with Crippen LogP contribution >= 0.6 is 11.8 Å². The number of rotatable bonds is 4. The van der Waals surface area contributed by atoms with Gasteiger partial charge in [-0.05, 0) is 35.6 Å². The fourth-order valence-corrected chi connectivity index (χ4v) is 3.52. The number of thioether (sulfide) groups is 1. The van der Waals surface area contributed by atoms with Gasteiger partial charge >= 0.3 is 0 Å². The van der Waals surface area contributed by atoms with Gasteiger partial charge < -0.3 is 4.74 Å². The fourth-order valence-electron chi connectivity index (χ4n) is 2.74. The standard InChI is InChI=1S/C19H18N4OS/c1-24-15-10-8-14(9-11-15)13-19-21-20-18-7-4-5-16(22-23(18)19)17-6-2-3-12-25-17/h3-6,8-12H,2,7,13H2,1H3. The third-order valence-electron chi connectivity index (χ3n) is 4.06. The number of ether oxygens (including phenoxy) is 1. The molecule has 0 saturated carbocycles. The quantitative estimate of drug-likeness (QED) is 0.843. The number of aromatic nitrogens is 3. The molecule has 5 nitrogen and oxygen atoms in total. The first-order chi connectivity index (χ1) is 12.3. The molecule has 0 unspecified atom stereocenters. The molecule has 0 aliphatic carbocycles. The van der Waals surface area contributed by atoms with Crippen LogP contribution < -0.4 is 4.74 Å². The summed E-state index contributed by atoms with van der Waals surface area (Å²) in [5.74, 6) is 2.56. The molecule has 2 aromatic rings. The maximum absolute atomic E-state index is 5.22. The minimum absolute atomic E-state index is 0.680. The van der Waals surface area contributed by atoms with Crippen LogP contribution in [0.1, 0.15) is 23.6 Å². The average molecular weight is 350 g/mol. The highest BCUT2D eigenvalue weighted by molar-refractivity contribution is 8.06.